The van der Waals surface area contributed by atoms with Crippen molar-refractivity contribution in [2.45, 2.75) is 12.2 Å². The predicted molar refractivity (Wildman–Crippen MR) is 103 cm³/mol. The number of hydrogen-bond donors (Lipinski definition) is 0. The Hall–Kier alpha value is -3.80. The molecule has 31 heavy (non-hydrogen) atoms. The van der Waals surface area contributed by atoms with Gasteiger partial charge in [-0.1, -0.05) is 23.4 Å². The van der Waals surface area contributed by atoms with Crippen molar-refractivity contribution >= 4 is 5.69 Å². The van der Waals surface area contributed by atoms with Crippen LogP contribution in [0.25, 0.3) is 11.1 Å². The second-order valence-electron chi connectivity index (χ2n) is 6.92. The van der Waals surface area contributed by atoms with Gasteiger partial charge in [0.05, 0.1) is 23.4 Å². The van der Waals surface area contributed by atoms with Crippen LogP contribution in [-0.4, -0.2) is 6.54 Å². The Labute approximate surface area is 173 Å². The van der Waals surface area contributed by atoms with Crippen molar-refractivity contribution in [1.82, 2.24) is 0 Å². The molecule has 0 N–H and O–H groups in total. The van der Waals surface area contributed by atoms with Crippen molar-refractivity contribution in [3.8, 4) is 17.2 Å². The molecule has 0 radical (unpaired) electrons. The van der Waals surface area contributed by atoms with Crippen molar-refractivity contribution in [2.24, 2.45) is 10.3 Å². The standard InChI is InChI=1S/C22H13F5N4/c23-18-8-15(9-19(24)10-18)20-12-31(30-29-20)21-6-3-14(7-16(21)11-28)13-1-4-17(5-2-13)22(25,26)27/h1-10,20H,12H2. The summed E-state index contributed by atoms with van der Waals surface area (Å²) in [6.45, 7) is 0.178. The van der Waals surface area contributed by atoms with Crippen LogP contribution in [0.2, 0.25) is 0 Å². The van der Waals surface area contributed by atoms with E-state index in [0.29, 0.717) is 22.4 Å². The van der Waals surface area contributed by atoms with Gasteiger partial charge in [-0.25, -0.2) is 13.8 Å². The molecule has 0 saturated heterocycles. The summed E-state index contributed by atoms with van der Waals surface area (Å²) in [6.07, 6.45) is -4.43. The lowest BCUT2D eigenvalue weighted by molar-refractivity contribution is -0.137. The number of hydrogen-bond acceptors (Lipinski definition) is 4. The molecule has 4 nitrogen and oxygen atoms in total. The third-order valence-corrected chi connectivity index (χ3v) is 4.86. The van der Waals surface area contributed by atoms with Crippen LogP contribution in [0.3, 0.4) is 0 Å². The number of halogens is 5. The van der Waals surface area contributed by atoms with E-state index < -0.39 is 29.4 Å². The summed E-state index contributed by atoms with van der Waals surface area (Å²) in [5.74, 6) is -1.44. The van der Waals surface area contributed by atoms with Gasteiger partial charge in [-0.3, -0.25) is 0 Å². The van der Waals surface area contributed by atoms with Crippen molar-refractivity contribution in [3.63, 3.8) is 0 Å². The lowest BCUT2D eigenvalue weighted by Crippen LogP contribution is -2.17. The first-order valence-electron chi connectivity index (χ1n) is 9.10. The lowest BCUT2D eigenvalue weighted by Gasteiger charge is -2.16. The molecular formula is C22H13F5N4. The van der Waals surface area contributed by atoms with Crippen LogP contribution < -0.4 is 5.01 Å². The monoisotopic (exact) mass is 428 g/mol. The first-order chi connectivity index (χ1) is 14.7. The maximum absolute atomic E-state index is 13.5. The Bertz CT molecular complexity index is 1180. The molecule has 0 aromatic heterocycles. The van der Waals surface area contributed by atoms with Crippen LogP contribution in [0.4, 0.5) is 27.6 Å². The summed E-state index contributed by atoms with van der Waals surface area (Å²) in [7, 11) is 0. The van der Waals surface area contributed by atoms with E-state index in [0.717, 1.165) is 18.2 Å². The summed E-state index contributed by atoms with van der Waals surface area (Å²) in [5, 5.41) is 19.1. The Morgan fingerprint density at radius 3 is 2.16 bits per heavy atom. The molecule has 0 bridgehead atoms. The van der Waals surface area contributed by atoms with Gasteiger partial charge in [0, 0.05) is 6.07 Å². The van der Waals surface area contributed by atoms with Gasteiger partial charge in [-0.2, -0.15) is 23.5 Å². The molecule has 9 heteroatoms. The Morgan fingerprint density at radius 1 is 0.903 bits per heavy atom. The fourth-order valence-electron chi connectivity index (χ4n) is 3.33. The quantitative estimate of drug-likeness (QED) is 0.450. The van der Waals surface area contributed by atoms with Gasteiger partial charge in [0.2, 0.25) is 0 Å². The average Bonchev–Trinajstić information content (AvgIpc) is 3.22. The third kappa shape index (κ3) is 4.23. The number of anilines is 1. The Kier molecular flexibility index (Phi) is 5.15. The van der Waals surface area contributed by atoms with Crippen molar-refractivity contribution in [2.75, 3.05) is 11.6 Å². The van der Waals surface area contributed by atoms with Gasteiger partial charge in [-0.05, 0) is 53.1 Å². The smallest absolute Gasteiger partial charge is 0.243 e. The predicted octanol–water partition coefficient (Wildman–Crippen LogP) is 6.45. The normalized spacial score (nSPS) is 15.9. The molecular weight excluding hydrogens is 415 g/mol. The minimum absolute atomic E-state index is 0.178. The molecule has 1 heterocycles. The molecule has 3 aromatic carbocycles. The molecule has 1 unspecified atom stereocenters. The minimum Gasteiger partial charge on any atom is -0.243 e. The Balaban J connectivity index is 1.58. The van der Waals surface area contributed by atoms with Gasteiger partial charge >= 0.3 is 6.18 Å². The second-order valence-corrected chi connectivity index (χ2v) is 6.92. The summed E-state index contributed by atoms with van der Waals surface area (Å²) in [5.41, 5.74) is 1.32. The van der Waals surface area contributed by atoms with E-state index in [1.165, 1.54) is 29.3 Å². The molecule has 1 aliphatic rings. The van der Waals surface area contributed by atoms with Gasteiger partial charge in [0.15, 0.2) is 0 Å². The molecule has 156 valence electrons. The maximum Gasteiger partial charge on any atom is 0.416 e. The molecule has 0 spiro atoms. The molecule has 1 aliphatic heterocycles. The largest absolute Gasteiger partial charge is 0.416 e. The van der Waals surface area contributed by atoms with Crippen molar-refractivity contribution in [1.29, 1.82) is 5.26 Å². The SMILES string of the molecule is N#Cc1cc(-c2ccc(C(F)(F)F)cc2)ccc1N1CC(c2cc(F)cc(F)c2)N=N1. The topological polar surface area (TPSA) is 51.8 Å². The second kappa shape index (κ2) is 7.80. The summed E-state index contributed by atoms with van der Waals surface area (Å²) >= 11 is 0. The molecule has 0 amide bonds. The minimum atomic E-state index is -4.43. The van der Waals surface area contributed by atoms with Gasteiger partial charge in [-0.15, -0.1) is 0 Å². The number of benzene rings is 3. The van der Waals surface area contributed by atoms with Crippen LogP contribution in [0.5, 0.6) is 0 Å². The van der Waals surface area contributed by atoms with E-state index in [1.54, 1.807) is 18.2 Å². The molecule has 3 aromatic rings. The summed E-state index contributed by atoms with van der Waals surface area (Å²) in [4.78, 5) is 0. The lowest BCUT2D eigenvalue weighted by atomic mass is 10.0. The first-order valence-corrected chi connectivity index (χ1v) is 9.10. The van der Waals surface area contributed by atoms with Crippen molar-refractivity contribution < 1.29 is 22.0 Å². The van der Waals surface area contributed by atoms with E-state index in [9.17, 15) is 27.2 Å². The third-order valence-electron chi connectivity index (χ3n) is 4.86. The van der Waals surface area contributed by atoms with Gasteiger partial charge < -0.3 is 0 Å². The first kappa shape index (κ1) is 20.5. The van der Waals surface area contributed by atoms with Crippen LogP contribution in [0, 0.1) is 23.0 Å². The highest BCUT2D eigenvalue weighted by Crippen LogP contribution is 2.35. The van der Waals surface area contributed by atoms with Crippen LogP contribution in [0.1, 0.15) is 22.7 Å². The maximum atomic E-state index is 13.5. The zero-order valence-corrected chi connectivity index (χ0v) is 15.7. The van der Waals surface area contributed by atoms with E-state index in [1.807, 2.05) is 6.07 Å². The molecule has 0 fully saturated rings. The van der Waals surface area contributed by atoms with E-state index in [4.69, 9.17) is 0 Å². The van der Waals surface area contributed by atoms with E-state index in [2.05, 4.69) is 10.3 Å². The number of rotatable bonds is 3. The van der Waals surface area contributed by atoms with E-state index >= 15 is 0 Å². The zero-order chi connectivity index (χ0) is 22.2. The highest BCUT2D eigenvalue weighted by atomic mass is 19.4. The van der Waals surface area contributed by atoms with E-state index in [-0.39, 0.29) is 12.1 Å². The fourth-order valence-corrected chi connectivity index (χ4v) is 3.33. The van der Waals surface area contributed by atoms with Gasteiger partial charge in [0.1, 0.15) is 23.7 Å². The Morgan fingerprint density at radius 2 is 1.55 bits per heavy atom. The molecule has 0 aliphatic carbocycles. The number of nitrogens with zero attached hydrogens (tertiary/aromatic N) is 4. The van der Waals surface area contributed by atoms with Crippen LogP contribution in [-0.2, 0) is 6.18 Å². The van der Waals surface area contributed by atoms with Gasteiger partial charge in [0.25, 0.3) is 0 Å². The summed E-state index contributed by atoms with van der Waals surface area (Å²) < 4.78 is 65.2. The summed E-state index contributed by atoms with van der Waals surface area (Å²) in [6, 6.07) is 14.0. The van der Waals surface area contributed by atoms with Crippen molar-refractivity contribution in [3.05, 3.63) is 89.0 Å². The molecule has 4 rings (SSSR count). The average molecular weight is 428 g/mol. The fraction of sp³-hybridized carbons (Fsp3) is 0.136. The molecule has 0 saturated carbocycles. The van der Waals surface area contributed by atoms with Crippen LogP contribution >= 0.6 is 0 Å². The highest BCUT2D eigenvalue weighted by Gasteiger charge is 2.30. The zero-order valence-electron chi connectivity index (χ0n) is 15.7. The van der Waals surface area contributed by atoms with Crippen LogP contribution in [0.15, 0.2) is 71.0 Å². The number of nitriles is 1. The molecule has 1 atom stereocenters. The highest BCUT2D eigenvalue weighted by molar-refractivity contribution is 5.71. The number of alkyl halides is 3.